The Morgan fingerprint density at radius 2 is 1.95 bits per heavy atom. The number of rotatable bonds is 3. The minimum atomic E-state index is 0.356. The molecule has 0 unspecified atom stereocenters. The second kappa shape index (κ2) is 5.41. The van der Waals surface area contributed by atoms with E-state index >= 15 is 0 Å². The zero-order chi connectivity index (χ0) is 14.8. The molecule has 0 bridgehead atoms. The van der Waals surface area contributed by atoms with E-state index in [1.165, 1.54) is 11.3 Å². The smallest absolute Gasteiger partial charge is 0.138 e. The molecule has 0 aliphatic heterocycles. The molecule has 0 saturated carbocycles. The van der Waals surface area contributed by atoms with Crippen molar-refractivity contribution in [2.75, 3.05) is 0 Å². The van der Waals surface area contributed by atoms with Crippen molar-refractivity contribution in [2.45, 2.75) is 26.2 Å². The van der Waals surface area contributed by atoms with E-state index in [-0.39, 0.29) is 0 Å². The number of nitrogens with zero attached hydrogens (tertiary/aromatic N) is 3. The Hall–Kier alpha value is -2.60. The molecular weight excluding hydrogens is 258 g/mol. The zero-order valence-electron chi connectivity index (χ0n) is 12.2. The van der Waals surface area contributed by atoms with E-state index in [9.17, 15) is 0 Å². The fraction of sp³-hybridized carbons (Fsp3) is 0.222. The molecule has 0 aliphatic carbocycles. The van der Waals surface area contributed by atoms with Crippen LogP contribution in [0.2, 0.25) is 0 Å². The first-order chi connectivity index (χ1) is 10.2. The number of hydrogen-bond acceptors (Lipinski definition) is 2. The molecule has 0 fully saturated rings. The van der Waals surface area contributed by atoms with Gasteiger partial charge < -0.3 is 4.40 Å². The van der Waals surface area contributed by atoms with Gasteiger partial charge in [-0.05, 0) is 23.6 Å². The fourth-order valence-electron chi connectivity index (χ4n) is 2.61. The number of nitriles is 1. The summed E-state index contributed by atoms with van der Waals surface area (Å²) >= 11 is 0. The van der Waals surface area contributed by atoms with Crippen molar-refractivity contribution in [3.05, 3.63) is 71.2 Å². The van der Waals surface area contributed by atoms with Gasteiger partial charge in [-0.15, -0.1) is 0 Å². The Bertz CT molecular complexity index is 808. The third-order valence-corrected chi connectivity index (χ3v) is 3.65. The maximum absolute atomic E-state index is 9.03. The molecule has 3 rings (SSSR count). The summed E-state index contributed by atoms with van der Waals surface area (Å²) in [7, 11) is 0. The van der Waals surface area contributed by atoms with E-state index in [0.29, 0.717) is 11.5 Å². The van der Waals surface area contributed by atoms with Crippen molar-refractivity contribution in [3.63, 3.8) is 0 Å². The molecule has 104 valence electrons. The molecule has 2 aromatic heterocycles. The van der Waals surface area contributed by atoms with E-state index in [1.54, 1.807) is 0 Å². The molecule has 0 aliphatic rings. The highest BCUT2D eigenvalue weighted by molar-refractivity contribution is 5.50. The van der Waals surface area contributed by atoms with Gasteiger partial charge in [0.15, 0.2) is 0 Å². The zero-order valence-corrected chi connectivity index (χ0v) is 12.2. The van der Waals surface area contributed by atoms with Gasteiger partial charge in [0.25, 0.3) is 0 Å². The third kappa shape index (κ3) is 2.53. The summed E-state index contributed by atoms with van der Waals surface area (Å²) in [6.45, 7) is 4.31. The molecule has 2 heterocycles. The van der Waals surface area contributed by atoms with Crippen LogP contribution in [-0.4, -0.2) is 9.38 Å². The number of benzene rings is 1. The molecule has 0 spiro atoms. The second-order valence-electron chi connectivity index (χ2n) is 5.52. The van der Waals surface area contributed by atoms with Crippen LogP contribution in [0, 0.1) is 11.3 Å². The van der Waals surface area contributed by atoms with Crippen molar-refractivity contribution in [1.29, 1.82) is 5.26 Å². The maximum atomic E-state index is 9.03. The summed E-state index contributed by atoms with van der Waals surface area (Å²) < 4.78 is 2.10. The van der Waals surface area contributed by atoms with Crippen LogP contribution in [0.3, 0.4) is 0 Å². The number of hydrogen-bond donors (Lipinski definition) is 0. The van der Waals surface area contributed by atoms with Gasteiger partial charge >= 0.3 is 0 Å². The Morgan fingerprint density at radius 3 is 2.62 bits per heavy atom. The quantitative estimate of drug-likeness (QED) is 0.727. The predicted molar refractivity (Wildman–Crippen MR) is 83.2 cm³/mol. The van der Waals surface area contributed by atoms with Gasteiger partial charge in [-0.3, -0.25) is 0 Å². The highest BCUT2D eigenvalue weighted by Crippen LogP contribution is 2.23. The number of pyridine rings is 1. The summed E-state index contributed by atoms with van der Waals surface area (Å²) in [5, 5.41) is 9.03. The summed E-state index contributed by atoms with van der Waals surface area (Å²) in [6.07, 6.45) is 2.80. The molecule has 1 aromatic carbocycles. The lowest BCUT2D eigenvalue weighted by atomic mass is 10.0. The fourth-order valence-corrected chi connectivity index (χ4v) is 2.61. The van der Waals surface area contributed by atoms with Crippen LogP contribution in [-0.2, 0) is 6.42 Å². The Balaban J connectivity index is 2.15. The highest BCUT2D eigenvalue weighted by Gasteiger charge is 2.15. The van der Waals surface area contributed by atoms with E-state index in [4.69, 9.17) is 10.2 Å². The van der Waals surface area contributed by atoms with Gasteiger partial charge in [-0.1, -0.05) is 44.2 Å². The summed E-state index contributed by atoms with van der Waals surface area (Å²) in [5.74, 6) is 0.356. The van der Waals surface area contributed by atoms with Crippen LogP contribution in [0.1, 0.15) is 42.3 Å². The average Bonchev–Trinajstić information content (AvgIpc) is 2.86. The van der Waals surface area contributed by atoms with Gasteiger partial charge in [0.05, 0.1) is 23.0 Å². The average molecular weight is 275 g/mol. The summed E-state index contributed by atoms with van der Waals surface area (Å²) in [6, 6.07) is 16.3. The minimum absolute atomic E-state index is 0.356. The largest absolute Gasteiger partial charge is 0.303 e. The first-order valence-corrected chi connectivity index (χ1v) is 7.14. The third-order valence-electron chi connectivity index (χ3n) is 3.65. The summed E-state index contributed by atoms with van der Waals surface area (Å²) in [4.78, 5) is 4.73. The molecule has 3 nitrogen and oxygen atoms in total. The van der Waals surface area contributed by atoms with Gasteiger partial charge in [-0.25, -0.2) is 4.98 Å². The number of aromatic nitrogens is 2. The molecule has 21 heavy (non-hydrogen) atoms. The normalized spacial score (nSPS) is 11.0. The van der Waals surface area contributed by atoms with Crippen LogP contribution in [0.5, 0.6) is 0 Å². The number of imidazole rings is 1. The predicted octanol–water partition coefficient (Wildman–Crippen LogP) is 3.92. The molecule has 0 radical (unpaired) electrons. The van der Waals surface area contributed by atoms with E-state index in [2.05, 4.69) is 48.6 Å². The lowest BCUT2D eigenvalue weighted by Gasteiger charge is -2.07. The monoisotopic (exact) mass is 275 g/mol. The molecule has 3 aromatic rings. The molecule has 0 atom stereocenters. The molecule has 0 amide bonds. The lowest BCUT2D eigenvalue weighted by Crippen LogP contribution is -2.00. The standard InChI is InChI=1S/C18H17N3/c1-13(2)18-16(10-14-6-4-3-5-7-14)21-9-8-15(12-19)11-17(21)20-18/h3-9,11,13H,10H2,1-2H3. The van der Waals surface area contributed by atoms with E-state index in [0.717, 1.165) is 17.8 Å². The molecular formula is C18H17N3. The van der Waals surface area contributed by atoms with Crippen LogP contribution in [0.25, 0.3) is 5.65 Å². The molecule has 0 saturated heterocycles. The van der Waals surface area contributed by atoms with E-state index in [1.807, 2.05) is 24.4 Å². The van der Waals surface area contributed by atoms with Gasteiger partial charge in [0, 0.05) is 12.6 Å². The van der Waals surface area contributed by atoms with Crippen molar-refractivity contribution < 1.29 is 0 Å². The summed E-state index contributed by atoms with van der Waals surface area (Å²) in [5.41, 5.74) is 5.08. The lowest BCUT2D eigenvalue weighted by molar-refractivity contribution is 0.810. The van der Waals surface area contributed by atoms with Crippen molar-refractivity contribution in [1.82, 2.24) is 9.38 Å². The number of fused-ring (bicyclic) bond motifs is 1. The van der Waals surface area contributed by atoms with Gasteiger partial charge in [-0.2, -0.15) is 5.26 Å². The first kappa shape index (κ1) is 13.4. The Labute approximate surface area is 124 Å². The Morgan fingerprint density at radius 1 is 1.19 bits per heavy atom. The van der Waals surface area contributed by atoms with Crippen molar-refractivity contribution in [3.8, 4) is 6.07 Å². The van der Waals surface area contributed by atoms with Gasteiger partial charge in [0.1, 0.15) is 5.65 Å². The van der Waals surface area contributed by atoms with E-state index < -0.39 is 0 Å². The molecule has 0 N–H and O–H groups in total. The first-order valence-electron chi connectivity index (χ1n) is 7.14. The van der Waals surface area contributed by atoms with Crippen molar-refractivity contribution >= 4 is 5.65 Å². The van der Waals surface area contributed by atoms with Gasteiger partial charge in [0.2, 0.25) is 0 Å². The molecule has 3 heteroatoms. The van der Waals surface area contributed by atoms with Crippen molar-refractivity contribution in [2.24, 2.45) is 0 Å². The topological polar surface area (TPSA) is 41.1 Å². The highest BCUT2D eigenvalue weighted by atomic mass is 15.0. The van der Waals surface area contributed by atoms with Crippen LogP contribution in [0.15, 0.2) is 48.7 Å². The maximum Gasteiger partial charge on any atom is 0.138 e. The Kier molecular flexibility index (Phi) is 3.45. The van der Waals surface area contributed by atoms with Crippen LogP contribution < -0.4 is 0 Å². The van der Waals surface area contributed by atoms with Crippen LogP contribution in [0.4, 0.5) is 0 Å². The minimum Gasteiger partial charge on any atom is -0.303 e. The SMILES string of the molecule is CC(C)c1nc2cc(C#N)ccn2c1Cc1ccccc1. The second-order valence-corrected chi connectivity index (χ2v) is 5.52. The van der Waals surface area contributed by atoms with Crippen LogP contribution >= 0.6 is 0 Å².